The summed E-state index contributed by atoms with van der Waals surface area (Å²) in [5.74, 6) is 0.658. The molecule has 0 radical (unpaired) electrons. The highest BCUT2D eigenvalue weighted by atomic mass is 35.5. The second-order valence-corrected chi connectivity index (χ2v) is 5.13. The van der Waals surface area contributed by atoms with E-state index in [-0.39, 0.29) is 16.7 Å². The van der Waals surface area contributed by atoms with E-state index in [0.29, 0.717) is 12.5 Å². The Morgan fingerprint density at radius 1 is 1.63 bits per heavy atom. The Kier molecular flexibility index (Phi) is 4.49. The third-order valence-electron chi connectivity index (χ3n) is 3.24. The molecular formula is C11H16ClN5O2. The Morgan fingerprint density at radius 2 is 2.42 bits per heavy atom. The number of anilines is 1. The largest absolute Gasteiger partial charge is 0.364 e. The Hall–Kier alpha value is -1.47. The van der Waals surface area contributed by atoms with E-state index in [0.717, 1.165) is 25.9 Å². The maximum Gasteiger partial charge on any atom is 0.348 e. The number of nitrogens with one attached hydrogen (secondary N) is 1. The molecule has 1 unspecified atom stereocenters. The van der Waals surface area contributed by atoms with Gasteiger partial charge in [0.15, 0.2) is 0 Å². The first-order chi connectivity index (χ1) is 9.08. The number of aromatic nitrogens is 2. The van der Waals surface area contributed by atoms with Crippen molar-refractivity contribution in [2.45, 2.75) is 12.8 Å². The molecule has 104 valence electrons. The predicted molar refractivity (Wildman–Crippen MR) is 72.4 cm³/mol. The smallest absolute Gasteiger partial charge is 0.348 e. The molecule has 0 aliphatic carbocycles. The maximum absolute atomic E-state index is 10.9. The van der Waals surface area contributed by atoms with Crippen molar-refractivity contribution in [2.24, 2.45) is 5.92 Å². The first-order valence-corrected chi connectivity index (χ1v) is 6.53. The molecule has 0 amide bonds. The van der Waals surface area contributed by atoms with Crippen molar-refractivity contribution >= 4 is 23.1 Å². The van der Waals surface area contributed by atoms with Crippen molar-refractivity contribution in [3.05, 3.63) is 21.6 Å². The number of likely N-dealkylation sites (tertiary alicyclic amines) is 1. The van der Waals surface area contributed by atoms with Gasteiger partial charge in [-0.1, -0.05) is 11.6 Å². The van der Waals surface area contributed by atoms with Gasteiger partial charge in [-0.15, -0.1) is 0 Å². The van der Waals surface area contributed by atoms with Gasteiger partial charge in [0.2, 0.25) is 11.0 Å². The van der Waals surface area contributed by atoms with Gasteiger partial charge in [0.1, 0.15) is 6.33 Å². The van der Waals surface area contributed by atoms with Crippen LogP contribution in [0.15, 0.2) is 6.33 Å². The number of hydrogen-bond acceptors (Lipinski definition) is 6. The van der Waals surface area contributed by atoms with Gasteiger partial charge in [0.25, 0.3) is 0 Å². The summed E-state index contributed by atoms with van der Waals surface area (Å²) in [5, 5.41) is 13.8. The number of halogens is 1. The average molecular weight is 286 g/mol. The molecule has 0 saturated carbocycles. The van der Waals surface area contributed by atoms with Gasteiger partial charge in [-0.25, -0.2) is 9.97 Å². The normalized spacial score (nSPS) is 20.2. The predicted octanol–water partition coefficient (Wildman–Crippen LogP) is 1.79. The van der Waals surface area contributed by atoms with E-state index in [4.69, 9.17) is 11.6 Å². The molecule has 1 fully saturated rings. The zero-order valence-electron chi connectivity index (χ0n) is 10.7. The summed E-state index contributed by atoms with van der Waals surface area (Å²) in [7, 11) is 2.08. The fraction of sp³-hybridized carbons (Fsp3) is 0.636. The third kappa shape index (κ3) is 3.51. The molecule has 1 N–H and O–H groups in total. The van der Waals surface area contributed by atoms with E-state index in [1.807, 2.05) is 0 Å². The number of rotatable bonds is 4. The lowest BCUT2D eigenvalue weighted by Gasteiger charge is -2.29. The van der Waals surface area contributed by atoms with Crippen molar-refractivity contribution in [3.63, 3.8) is 0 Å². The molecule has 2 rings (SSSR count). The molecule has 1 aromatic heterocycles. The second kappa shape index (κ2) is 6.12. The van der Waals surface area contributed by atoms with E-state index >= 15 is 0 Å². The fourth-order valence-electron chi connectivity index (χ4n) is 2.33. The van der Waals surface area contributed by atoms with E-state index in [1.54, 1.807) is 0 Å². The Labute approximate surface area is 116 Å². The topological polar surface area (TPSA) is 84.2 Å². The fourth-order valence-corrected chi connectivity index (χ4v) is 2.53. The summed E-state index contributed by atoms with van der Waals surface area (Å²) in [5.41, 5.74) is -0.256. The highest BCUT2D eigenvalue weighted by Crippen LogP contribution is 2.28. The summed E-state index contributed by atoms with van der Waals surface area (Å²) in [4.78, 5) is 20.2. The minimum absolute atomic E-state index is 0.136. The third-order valence-corrected chi connectivity index (χ3v) is 3.52. The molecule has 1 saturated heterocycles. The monoisotopic (exact) mass is 285 g/mol. The molecule has 0 bridgehead atoms. The summed E-state index contributed by atoms with van der Waals surface area (Å²) in [6.45, 7) is 2.74. The lowest BCUT2D eigenvalue weighted by Crippen LogP contribution is -2.35. The summed E-state index contributed by atoms with van der Waals surface area (Å²) >= 11 is 5.73. The Morgan fingerprint density at radius 3 is 3.11 bits per heavy atom. The van der Waals surface area contributed by atoms with Crippen LogP contribution in [-0.2, 0) is 0 Å². The van der Waals surface area contributed by atoms with Crippen LogP contribution >= 0.6 is 11.6 Å². The maximum atomic E-state index is 10.9. The van der Waals surface area contributed by atoms with Gasteiger partial charge in [-0.3, -0.25) is 10.1 Å². The highest BCUT2D eigenvalue weighted by Gasteiger charge is 2.23. The van der Waals surface area contributed by atoms with Crippen molar-refractivity contribution in [2.75, 3.05) is 32.0 Å². The molecule has 1 aliphatic heterocycles. The zero-order valence-corrected chi connectivity index (χ0v) is 11.4. The van der Waals surface area contributed by atoms with Crippen LogP contribution in [0.5, 0.6) is 0 Å². The van der Waals surface area contributed by atoms with E-state index in [9.17, 15) is 10.1 Å². The van der Waals surface area contributed by atoms with E-state index in [2.05, 4.69) is 27.2 Å². The van der Waals surface area contributed by atoms with E-state index < -0.39 is 4.92 Å². The summed E-state index contributed by atoms with van der Waals surface area (Å²) in [6.07, 6.45) is 3.49. The lowest BCUT2D eigenvalue weighted by atomic mass is 9.98. The Balaban J connectivity index is 2.03. The van der Waals surface area contributed by atoms with Gasteiger partial charge >= 0.3 is 5.69 Å². The molecule has 1 aliphatic rings. The minimum atomic E-state index is -0.558. The van der Waals surface area contributed by atoms with Crippen molar-refractivity contribution in [1.82, 2.24) is 14.9 Å². The van der Waals surface area contributed by atoms with Crippen LogP contribution in [0.25, 0.3) is 0 Å². The van der Waals surface area contributed by atoms with Crippen molar-refractivity contribution in [3.8, 4) is 0 Å². The molecule has 8 heteroatoms. The molecule has 7 nitrogen and oxygen atoms in total. The van der Waals surface area contributed by atoms with Gasteiger partial charge in [-0.05, 0) is 32.4 Å². The van der Waals surface area contributed by atoms with Gasteiger partial charge in [0, 0.05) is 13.1 Å². The van der Waals surface area contributed by atoms with Crippen LogP contribution in [0.1, 0.15) is 12.8 Å². The van der Waals surface area contributed by atoms with Crippen LogP contribution in [0, 0.1) is 16.0 Å². The number of nitrogens with zero attached hydrogens (tertiary/aromatic N) is 4. The summed E-state index contributed by atoms with van der Waals surface area (Å²) < 4.78 is 0. The van der Waals surface area contributed by atoms with Gasteiger partial charge < -0.3 is 10.2 Å². The molecule has 1 aromatic rings. The van der Waals surface area contributed by atoms with Crippen molar-refractivity contribution < 1.29 is 4.92 Å². The standard InChI is InChI=1S/C11H16ClN5O2/c1-16-4-2-3-8(6-16)5-13-11-9(17(18)19)10(12)14-7-15-11/h7-8H,2-6H2,1H3,(H,13,14,15). The number of nitro groups is 1. The first-order valence-electron chi connectivity index (χ1n) is 6.15. The average Bonchev–Trinajstić information content (AvgIpc) is 2.36. The van der Waals surface area contributed by atoms with Crippen LogP contribution in [0.4, 0.5) is 11.5 Å². The quantitative estimate of drug-likeness (QED) is 0.516. The first kappa shape index (κ1) is 14.0. The molecule has 19 heavy (non-hydrogen) atoms. The van der Waals surface area contributed by atoms with Gasteiger partial charge in [-0.2, -0.15) is 0 Å². The molecule has 0 spiro atoms. The molecule has 0 aromatic carbocycles. The Bertz CT molecular complexity index is 470. The number of piperidine rings is 1. The SMILES string of the molecule is CN1CCCC(CNc2ncnc(Cl)c2[N+](=O)[O-])C1. The van der Waals surface area contributed by atoms with Gasteiger partial charge in [0.05, 0.1) is 4.92 Å². The minimum Gasteiger partial charge on any atom is -0.364 e. The van der Waals surface area contributed by atoms with E-state index in [1.165, 1.54) is 6.33 Å². The highest BCUT2D eigenvalue weighted by molar-refractivity contribution is 6.31. The number of hydrogen-bond donors (Lipinski definition) is 1. The van der Waals surface area contributed by atoms with Crippen LogP contribution < -0.4 is 5.32 Å². The van der Waals surface area contributed by atoms with Crippen LogP contribution in [-0.4, -0.2) is 46.5 Å². The summed E-state index contributed by atoms with van der Waals surface area (Å²) in [6, 6.07) is 0. The van der Waals surface area contributed by atoms with Crippen LogP contribution in [0.3, 0.4) is 0 Å². The molecule has 1 atom stereocenters. The van der Waals surface area contributed by atoms with Crippen LogP contribution in [0.2, 0.25) is 5.15 Å². The van der Waals surface area contributed by atoms with Crippen molar-refractivity contribution in [1.29, 1.82) is 0 Å². The molecular weight excluding hydrogens is 270 g/mol. The molecule has 2 heterocycles. The second-order valence-electron chi connectivity index (χ2n) is 4.77. The zero-order chi connectivity index (χ0) is 13.8. The lowest BCUT2D eigenvalue weighted by molar-refractivity contribution is -0.384.